The fourth-order valence-corrected chi connectivity index (χ4v) is 3.34. The van der Waals surface area contributed by atoms with E-state index in [0.29, 0.717) is 34.7 Å². The minimum atomic E-state index is -0.295. The average Bonchev–Trinajstić information content (AvgIpc) is 3.10. The lowest BCUT2D eigenvalue weighted by Gasteiger charge is -2.07. The second kappa shape index (κ2) is 7.94. The number of nitrogens with zero attached hydrogens (tertiary/aromatic N) is 1. The minimum absolute atomic E-state index is 0.204. The van der Waals surface area contributed by atoms with Crippen LogP contribution in [-0.4, -0.2) is 10.9 Å². The summed E-state index contributed by atoms with van der Waals surface area (Å²) in [5, 5.41) is 2.89. The molecule has 0 spiro atoms. The highest BCUT2D eigenvalue weighted by atomic mass is 79.9. The standard InChI is InChI=1S/C22H16BrFN2O2/c23-17-7-3-1-6-16(17)13-25-22(27)15-9-10-19-20(11-15)28-21(26-19)12-14-5-2-4-8-18(14)24/h1-11H,12-13H2,(H,25,27). The molecule has 0 unspecified atom stereocenters. The topological polar surface area (TPSA) is 55.1 Å². The van der Waals surface area contributed by atoms with Gasteiger partial charge in [-0.05, 0) is 41.5 Å². The maximum atomic E-state index is 13.8. The number of amides is 1. The van der Waals surface area contributed by atoms with E-state index in [9.17, 15) is 9.18 Å². The molecule has 1 N–H and O–H groups in total. The maximum absolute atomic E-state index is 13.8. The van der Waals surface area contributed by atoms with Gasteiger partial charge in [0.05, 0.1) is 6.42 Å². The summed E-state index contributed by atoms with van der Waals surface area (Å²) < 4.78 is 20.5. The van der Waals surface area contributed by atoms with Crippen LogP contribution in [0.15, 0.2) is 75.6 Å². The third kappa shape index (κ3) is 3.97. The van der Waals surface area contributed by atoms with Crippen LogP contribution < -0.4 is 5.32 Å². The third-order valence-corrected chi connectivity index (χ3v) is 5.17. The summed E-state index contributed by atoms with van der Waals surface area (Å²) in [6, 6.07) is 19.3. The lowest BCUT2D eigenvalue weighted by molar-refractivity contribution is 0.0951. The molecule has 1 heterocycles. The van der Waals surface area contributed by atoms with Crippen LogP contribution in [0.1, 0.15) is 27.4 Å². The summed E-state index contributed by atoms with van der Waals surface area (Å²) in [7, 11) is 0. The Morgan fingerprint density at radius 1 is 1.04 bits per heavy atom. The fraction of sp³-hybridized carbons (Fsp3) is 0.0909. The zero-order valence-corrected chi connectivity index (χ0v) is 16.4. The average molecular weight is 439 g/mol. The molecule has 0 aliphatic heterocycles. The largest absolute Gasteiger partial charge is 0.440 e. The molecule has 1 amide bonds. The molecule has 0 aliphatic rings. The van der Waals surface area contributed by atoms with Crippen LogP contribution in [0.5, 0.6) is 0 Å². The fourth-order valence-electron chi connectivity index (χ4n) is 2.91. The van der Waals surface area contributed by atoms with Gasteiger partial charge in [0.1, 0.15) is 11.3 Å². The van der Waals surface area contributed by atoms with E-state index in [2.05, 4.69) is 26.2 Å². The van der Waals surface area contributed by atoms with Gasteiger partial charge in [0.15, 0.2) is 11.5 Å². The molecule has 0 radical (unpaired) electrons. The normalized spacial score (nSPS) is 10.9. The number of halogens is 2. The highest BCUT2D eigenvalue weighted by molar-refractivity contribution is 9.10. The van der Waals surface area contributed by atoms with Gasteiger partial charge in [-0.1, -0.05) is 52.3 Å². The zero-order valence-electron chi connectivity index (χ0n) is 14.8. The molecule has 28 heavy (non-hydrogen) atoms. The van der Waals surface area contributed by atoms with E-state index in [-0.39, 0.29) is 18.1 Å². The van der Waals surface area contributed by atoms with E-state index in [1.807, 2.05) is 24.3 Å². The summed E-state index contributed by atoms with van der Waals surface area (Å²) in [5.74, 6) is -0.0903. The molecule has 4 aromatic rings. The summed E-state index contributed by atoms with van der Waals surface area (Å²) >= 11 is 3.47. The van der Waals surface area contributed by atoms with E-state index in [1.54, 1.807) is 36.4 Å². The van der Waals surface area contributed by atoms with Gasteiger partial charge in [-0.3, -0.25) is 4.79 Å². The molecule has 0 fully saturated rings. The quantitative estimate of drug-likeness (QED) is 0.462. The van der Waals surface area contributed by atoms with Crippen LogP contribution in [0.4, 0.5) is 4.39 Å². The van der Waals surface area contributed by atoms with Crippen molar-refractivity contribution in [2.75, 3.05) is 0 Å². The Balaban J connectivity index is 1.50. The van der Waals surface area contributed by atoms with E-state index in [1.165, 1.54) is 6.07 Å². The lowest BCUT2D eigenvalue weighted by Crippen LogP contribution is -2.22. The number of benzene rings is 3. The van der Waals surface area contributed by atoms with Gasteiger partial charge in [0.2, 0.25) is 0 Å². The Morgan fingerprint density at radius 3 is 2.57 bits per heavy atom. The lowest BCUT2D eigenvalue weighted by atomic mass is 10.1. The summed E-state index contributed by atoms with van der Waals surface area (Å²) in [4.78, 5) is 16.9. The number of hydrogen-bond acceptors (Lipinski definition) is 3. The molecule has 1 aromatic heterocycles. The van der Waals surface area contributed by atoms with Crippen molar-refractivity contribution < 1.29 is 13.6 Å². The van der Waals surface area contributed by atoms with Crippen LogP contribution in [0.3, 0.4) is 0 Å². The summed E-state index contributed by atoms with van der Waals surface area (Å²) in [6.07, 6.45) is 0.255. The van der Waals surface area contributed by atoms with Gasteiger partial charge in [-0.2, -0.15) is 0 Å². The highest BCUT2D eigenvalue weighted by Gasteiger charge is 2.13. The second-order valence-electron chi connectivity index (χ2n) is 6.33. The van der Waals surface area contributed by atoms with Gasteiger partial charge in [0.25, 0.3) is 5.91 Å². The maximum Gasteiger partial charge on any atom is 0.251 e. The number of carbonyl (C=O) groups is 1. The van der Waals surface area contributed by atoms with Crippen molar-refractivity contribution in [1.29, 1.82) is 0 Å². The van der Waals surface area contributed by atoms with Gasteiger partial charge in [-0.25, -0.2) is 9.37 Å². The number of aromatic nitrogens is 1. The number of rotatable bonds is 5. The third-order valence-electron chi connectivity index (χ3n) is 4.39. The molecule has 0 bridgehead atoms. The predicted molar refractivity (Wildman–Crippen MR) is 109 cm³/mol. The Labute approximate surface area is 169 Å². The van der Waals surface area contributed by atoms with Crippen molar-refractivity contribution in [3.8, 4) is 0 Å². The number of oxazole rings is 1. The van der Waals surface area contributed by atoms with Gasteiger partial charge in [0, 0.05) is 16.6 Å². The first-order chi connectivity index (χ1) is 13.6. The number of nitrogens with one attached hydrogen (secondary N) is 1. The van der Waals surface area contributed by atoms with E-state index in [4.69, 9.17) is 4.42 Å². The summed E-state index contributed by atoms with van der Waals surface area (Å²) in [6.45, 7) is 0.410. The van der Waals surface area contributed by atoms with Crippen LogP contribution in [0.2, 0.25) is 0 Å². The Kier molecular flexibility index (Phi) is 5.21. The molecule has 0 aliphatic carbocycles. The van der Waals surface area contributed by atoms with Crippen LogP contribution in [-0.2, 0) is 13.0 Å². The summed E-state index contributed by atoms with van der Waals surface area (Å²) in [5.41, 5.74) is 3.12. The first kappa shape index (κ1) is 18.4. The van der Waals surface area contributed by atoms with Gasteiger partial charge in [-0.15, -0.1) is 0 Å². The monoisotopic (exact) mass is 438 g/mol. The van der Waals surface area contributed by atoms with Crippen LogP contribution in [0, 0.1) is 5.82 Å². The second-order valence-corrected chi connectivity index (χ2v) is 7.19. The van der Waals surface area contributed by atoms with Gasteiger partial charge < -0.3 is 9.73 Å². The molecule has 0 saturated heterocycles. The molecule has 140 valence electrons. The SMILES string of the molecule is O=C(NCc1ccccc1Br)c1ccc2nc(Cc3ccccc3F)oc2c1. The Bertz CT molecular complexity index is 1160. The number of hydrogen-bond donors (Lipinski definition) is 1. The molecular formula is C22H16BrFN2O2. The van der Waals surface area contributed by atoms with Crippen molar-refractivity contribution in [2.24, 2.45) is 0 Å². The van der Waals surface area contributed by atoms with Gasteiger partial charge >= 0.3 is 0 Å². The highest BCUT2D eigenvalue weighted by Crippen LogP contribution is 2.21. The van der Waals surface area contributed by atoms with Crippen LogP contribution >= 0.6 is 15.9 Å². The van der Waals surface area contributed by atoms with Crippen molar-refractivity contribution in [1.82, 2.24) is 10.3 Å². The Hall–Kier alpha value is -2.99. The first-order valence-electron chi connectivity index (χ1n) is 8.74. The van der Waals surface area contributed by atoms with Crippen molar-refractivity contribution in [2.45, 2.75) is 13.0 Å². The molecule has 3 aromatic carbocycles. The Morgan fingerprint density at radius 2 is 1.79 bits per heavy atom. The van der Waals surface area contributed by atoms with E-state index >= 15 is 0 Å². The first-order valence-corrected chi connectivity index (χ1v) is 9.54. The molecular weight excluding hydrogens is 423 g/mol. The molecule has 6 heteroatoms. The van der Waals surface area contributed by atoms with E-state index < -0.39 is 0 Å². The van der Waals surface area contributed by atoms with Crippen molar-refractivity contribution in [3.05, 3.63) is 99.6 Å². The molecule has 4 rings (SSSR count). The number of carbonyl (C=O) groups excluding carboxylic acids is 1. The molecule has 4 nitrogen and oxygen atoms in total. The van der Waals surface area contributed by atoms with Crippen LogP contribution in [0.25, 0.3) is 11.1 Å². The predicted octanol–water partition coefficient (Wildman–Crippen LogP) is 5.25. The van der Waals surface area contributed by atoms with Crippen molar-refractivity contribution >= 4 is 32.9 Å². The van der Waals surface area contributed by atoms with Crippen molar-refractivity contribution in [3.63, 3.8) is 0 Å². The minimum Gasteiger partial charge on any atom is -0.440 e. The smallest absolute Gasteiger partial charge is 0.251 e. The van der Waals surface area contributed by atoms with E-state index in [0.717, 1.165) is 10.0 Å². The number of fused-ring (bicyclic) bond motifs is 1. The molecule has 0 atom stereocenters. The molecule has 0 saturated carbocycles. The zero-order chi connectivity index (χ0) is 19.5.